The van der Waals surface area contributed by atoms with Crippen LogP contribution < -0.4 is 0 Å². The molecular formula is C19H16N4. The van der Waals surface area contributed by atoms with Crippen molar-refractivity contribution in [3.8, 4) is 11.3 Å². The first-order valence-corrected chi connectivity index (χ1v) is 7.59. The maximum absolute atomic E-state index is 4.77. The van der Waals surface area contributed by atoms with E-state index in [4.69, 9.17) is 5.10 Å². The third-order valence-corrected chi connectivity index (χ3v) is 3.86. The van der Waals surface area contributed by atoms with Gasteiger partial charge in [-0.2, -0.15) is 5.10 Å². The Bertz CT molecular complexity index is 957. The second-order valence-corrected chi connectivity index (χ2v) is 5.64. The molecule has 0 saturated heterocycles. The predicted molar refractivity (Wildman–Crippen MR) is 90.2 cm³/mol. The lowest BCUT2D eigenvalue weighted by Crippen LogP contribution is -2.00. The van der Waals surface area contributed by atoms with E-state index < -0.39 is 0 Å². The van der Waals surface area contributed by atoms with Crippen LogP contribution in [0, 0.1) is 6.92 Å². The van der Waals surface area contributed by atoms with Gasteiger partial charge in [0.25, 0.3) is 0 Å². The molecule has 4 rings (SSSR count). The van der Waals surface area contributed by atoms with Gasteiger partial charge < -0.3 is 0 Å². The number of aromatic nitrogens is 4. The lowest BCUT2D eigenvalue weighted by Gasteiger charge is -2.05. The molecule has 0 aliphatic heterocycles. The fraction of sp³-hybridized carbons (Fsp3) is 0.105. The molecule has 0 unspecified atom stereocenters. The van der Waals surface area contributed by atoms with Crippen LogP contribution in [0.1, 0.15) is 16.8 Å². The standard InChI is InChI=1S/C19H16N4/c1-14-3-2-4-15(11-14)12-17-5-6-19-21-13-18(23(19)22-17)16-7-9-20-10-8-16/h2-11,13H,12H2,1H3. The molecule has 0 radical (unpaired) electrons. The fourth-order valence-corrected chi connectivity index (χ4v) is 2.76. The Kier molecular flexibility index (Phi) is 3.35. The Balaban J connectivity index is 1.75. The van der Waals surface area contributed by atoms with Gasteiger partial charge in [-0.05, 0) is 36.8 Å². The van der Waals surface area contributed by atoms with Crippen LogP contribution in [0.15, 0.2) is 67.1 Å². The van der Waals surface area contributed by atoms with Crippen LogP contribution in [0.2, 0.25) is 0 Å². The van der Waals surface area contributed by atoms with Crippen LogP contribution >= 0.6 is 0 Å². The third-order valence-electron chi connectivity index (χ3n) is 3.86. The first kappa shape index (κ1) is 13.6. The summed E-state index contributed by atoms with van der Waals surface area (Å²) >= 11 is 0. The summed E-state index contributed by atoms with van der Waals surface area (Å²) in [4.78, 5) is 8.50. The minimum Gasteiger partial charge on any atom is -0.265 e. The van der Waals surface area contributed by atoms with Gasteiger partial charge in [0.05, 0.1) is 17.6 Å². The molecule has 4 nitrogen and oxygen atoms in total. The van der Waals surface area contributed by atoms with Gasteiger partial charge in [-0.3, -0.25) is 4.98 Å². The largest absolute Gasteiger partial charge is 0.265 e. The topological polar surface area (TPSA) is 43.1 Å². The predicted octanol–water partition coefficient (Wildman–Crippen LogP) is 3.69. The molecule has 112 valence electrons. The summed E-state index contributed by atoms with van der Waals surface area (Å²) in [6.07, 6.45) is 6.23. The zero-order chi connectivity index (χ0) is 15.6. The molecule has 4 heteroatoms. The van der Waals surface area contributed by atoms with Crippen LogP contribution in [0.25, 0.3) is 16.9 Å². The van der Waals surface area contributed by atoms with E-state index >= 15 is 0 Å². The van der Waals surface area contributed by atoms with Crippen LogP contribution in [-0.4, -0.2) is 19.6 Å². The Morgan fingerprint density at radius 3 is 2.70 bits per heavy atom. The van der Waals surface area contributed by atoms with Crippen molar-refractivity contribution in [2.24, 2.45) is 0 Å². The Morgan fingerprint density at radius 1 is 1.00 bits per heavy atom. The average Bonchev–Trinajstić information content (AvgIpc) is 2.99. The summed E-state index contributed by atoms with van der Waals surface area (Å²) in [6.45, 7) is 2.11. The third kappa shape index (κ3) is 2.71. The van der Waals surface area contributed by atoms with Gasteiger partial charge >= 0.3 is 0 Å². The number of fused-ring (bicyclic) bond motifs is 1. The quantitative estimate of drug-likeness (QED) is 0.579. The van der Waals surface area contributed by atoms with E-state index in [1.54, 1.807) is 12.4 Å². The van der Waals surface area contributed by atoms with Crippen molar-refractivity contribution >= 4 is 5.65 Å². The number of pyridine rings is 1. The van der Waals surface area contributed by atoms with Crippen molar-refractivity contribution in [1.29, 1.82) is 0 Å². The van der Waals surface area contributed by atoms with Crippen molar-refractivity contribution in [3.63, 3.8) is 0 Å². The maximum Gasteiger partial charge on any atom is 0.154 e. The number of imidazole rings is 1. The molecule has 0 aliphatic rings. The van der Waals surface area contributed by atoms with Gasteiger partial charge in [0.2, 0.25) is 0 Å². The molecule has 0 saturated carbocycles. The SMILES string of the molecule is Cc1cccc(Cc2ccc3ncc(-c4ccncc4)n3n2)c1. The highest BCUT2D eigenvalue weighted by Gasteiger charge is 2.08. The Morgan fingerprint density at radius 2 is 1.87 bits per heavy atom. The molecule has 4 aromatic rings. The lowest BCUT2D eigenvalue weighted by atomic mass is 10.1. The highest BCUT2D eigenvalue weighted by Crippen LogP contribution is 2.19. The van der Waals surface area contributed by atoms with Gasteiger partial charge in [0, 0.05) is 24.4 Å². The zero-order valence-corrected chi connectivity index (χ0v) is 12.8. The molecule has 23 heavy (non-hydrogen) atoms. The summed E-state index contributed by atoms with van der Waals surface area (Å²) in [5.41, 5.74) is 6.45. The molecule has 0 aliphatic carbocycles. The molecule has 0 N–H and O–H groups in total. The van der Waals surface area contributed by atoms with E-state index in [1.165, 1.54) is 11.1 Å². The summed E-state index contributed by atoms with van der Waals surface area (Å²) in [7, 11) is 0. The van der Waals surface area contributed by atoms with Gasteiger partial charge in [-0.1, -0.05) is 29.8 Å². The summed E-state index contributed by atoms with van der Waals surface area (Å²) in [5.74, 6) is 0. The number of hydrogen-bond donors (Lipinski definition) is 0. The van der Waals surface area contributed by atoms with Crippen LogP contribution in [0.5, 0.6) is 0 Å². The summed E-state index contributed by atoms with van der Waals surface area (Å²) in [6, 6.07) is 16.5. The molecule has 0 bridgehead atoms. The van der Waals surface area contributed by atoms with Crippen LogP contribution in [0.4, 0.5) is 0 Å². The van der Waals surface area contributed by atoms with E-state index in [0.29, 0.717) is 0 Å². The molecule has 3 aromatic heterocycles. The van der Waals surface area contributed by atoms with E-state index in [0.717, 1.165) is 29.0 Å². The van der Waals surface area contributed by atoms with Crippen molar-refractivity contribution < 1.29 is 0 Å². The lowest BCUT2D eigenvalue weighted by molar-refractivity contribution is 0.878. The molecule has 1 aromatic carbocycles. The fourth-order valence-electron chi connectivity index (χ4n) is 2.76. The monoisotopic (exact) mass is 300 g/mol. The molecule has 0 atom stereocenters. The first-order chi connectivity index (χ1) is 11.3. The molecule has 3 heterocycles. The van der Waals surface area contributed by atoms with E-state index in [-0.39, 0.29) is 0 Å². The van der Waals surface area contributed by atoms with E-state index in [9.17, 15) is 0 Å². The Labute approximate surface area is 134 Å². The average molecular weight is 300 g/mol. The number of aryl methyl sites for hydroxylation is 1. The number of rotatable bonds is 3. The minimum absolute atomic E-state index is 0.811. The van der Waals surface area contributed by atoms with Crippen molar-refractivity contribution in [2.45, 2.75) is 13.3 Å². The summed E-state index contributed by atoms with van der Waals surface area (Å²) < 4.78 is 1.90. The van der Waals surface area contributed by atoms with E-state index in [1.807, 2.05) is 35.0 Å². The highest BCUT2D eigenvalue weighted by molar-refractivity contribution is 5.62. The smallest absolute Gasteiger partial charge is 0.154 e. The number of hydrogen-bond acceptors (Lipinski definition) is 3. The van der Waals surface area contributed by atoms with Crippen LogP contribution in [0.3, 0.4) is 0 Å². The van der Waals surface area contributed by atoms with Crippen LogP contribution in [-0.2, 0) is 6.42 Å². The van der Waals surface area contributed by atoms with Crippen molar-refractivity contribution in [1.82, 2.24) is 19.6 Å². The number of benzene rings is 1. The normalized spacial score (nSPS) is 11.0. The molecule has 0 amide bonds. The van der Waals surface area contributed by atoms with Gasteiger partial charge in [-0.25, -0.2) is 9.50 Å². The molecule has 0 fully saturated rings. The molecule has 0 spiro atoms. The van der Waals surface area contributed by atoms with E-state index in [2.05, 4.69) is 41.2 Å². The first-order valence-electron chi connectivity index (χ1n) is 7.59. The second kappa shape index (κ2) is 5.65. The molecular weight excluding hydrogens is 284 g/mol. The Hall–Kier alpha value is -3.01. The zero-order valence-electron chi connectivity index (χ0n) is 12.8. The van der Waals surface area contributed by atoms with Gasteiger partial charge in [-0.15, -0.1) is 0 Å². The second-order valence-electron chi connectivity index (χ2n) is 5.64. The van der Waals surface area contributed by atoms with Gasteiger partial charge in [0.1, 0.15) is 0 Å². The van der Waals surface area contributed by atoms with Crippen molar-refractivity contribution in [2.75, 3.05) is 0 Å². The van der Waals surface area contributed by atoms with Crippen molar-refractivity contribution in [3.05, 3.63) is 83.9 Å². The summed E-state index contributed by atoms with van der Waals surface area (Å²) in [5, 5.41) is 4.77. The highest BCUT2D eigenvalue weighted by atomic mass is 15.3. The minimum atomic E-state index is 0.811. The number of nitrogens with zero attached hydrogens (tertiary/aromatic N) is 4. The maximum atomic E-state index is 4.77. The van der Waals surface area contributed by atoms with Gasteiger partial charge in [0.15, 0.2) is 5.65 Å².